The predicted octanol–water partition coefficient (Wildman–Crippen LogP) is 7.15. The summed E-state index contributed by atoms with van der Waals surface area (Å²) in [6, 6.07) is 18.5. The highest BCUT2D eigenvalue weighted by Gasteiger charge is 2.29. The van der Waals surface area contributed by atoms with Crippen molar-refractivity contribution in [1.29, 1.82) is 0 Å². The van der Waals surface area contributed by atoms with Gasteiger partial charge in [-0.3, -0.25) is 9.59 Å². The number of carbonyl (C=O) groups excluding carboxylic acids is 1. The van der Waals surface area contributed by atoms with Crippen LogP contribution < -0.4 is 9.47 Å². The number of rotatable bonds is 9. The van der Waals surface area contributed by atoms with Gasteiger partial charge in [0.05, 0.1) is 17.5 Å². The number of carbonyl (C=O) groups is 2. The third-order valence-electron chi connectivity index (χ3n) is 5.64. The Balaban J connectivity index is 1.33. The molecule has 34 heavy (non-hydrogen) atoms. The molecule has 1 aliphatic rings. The van der Waals surface area contributed by atoms with Crippen molar-refractivity contribution in [2.75, 3.05) is 12.4 Å². The molecule has 1 unspecified atom stereocenters. The number of benzene rings is 3. The fourth-order valence-corrected chi connectivity index (χ4v) is 4.83. The standard InChI is InChI=1S/C27H25ClO5S/c1-17-4-10-20(11-5-17)34-14-2-3-24(29)18-6-8-19(9-7-18)33-26-16-25-22(15-23(26)28)21(27(30)31)12-13-32-25/h4-11,15-16,21H,2-3,12-14H2,1H3,(H,30,31). The number of halogens is 1. The second-order valence-corrected chi connectivity index (χ2v) is 9.74. The third kappa shape index (κ3) is 5.93. The topological polar surface area (TPSA) is 72.8 Å². The van der Waals surface area contributed by atoms with Crippen molar-refractivity contribution in [3.05, 3.63) is 82.4 Å². The zero-order valence-electron chi connectivity index (χ0n) is 18.8. The zero-order valence-corrected chi connectivity index (χ0v) is 20.3. The number of aryl methyl sites for hydroxylation is 1. The minimum atomic E-state index is -0.900. The number of carboxylic acids is 1. The molecular weight excluding hydrogens is 472 g/mol. The van der Waals surface area contributed by atoms with Crippen molar-refractivity contribution >= 4 is 35.1 Å². The van der Waals surface area contributed by atoms with Crippen LogP contribution >= 0.6 is 23.4 Å². The summed E-state index contributed by atoms with van der Waals surface area (Å²) in [6.45, 7) is 2.39. The van der Waals surface area contributed by atoms with Crippen molar-refractivity contribution in [1.82, 2.24) is 0 Å². The summed E-state index contributed by atoms with van der Waals surface area (Å²) >= 11 is 8.11. The molecule has 0 amide bonds. The van der Waals surface area contributed by atoms with Crippen molar-refractivity contribution < 1.29 is 24.2 Å². The Bertz CT molecular complexity index is 1170. The van der Waals surface area contributed by atoms with Crippen molar-refractivity contribution in [2.45, 2.75) is 37.0 Å². The first-order valence-electron chi connectivity index (χ1n) is 11.1. The molecule has 7 heteroatoms. The quantitative estimate of drug-likeness (QED) is 0.193. The summed E-state index contributed by atoms with van der Waals surface area (Å²) < 4.78 is 11.5. The van der Waals surface area contributed by atoms with Gasteiger partial charge >= 0.3 is 5.97 Å². The lowest BCUT2D eigenvalue weighted by Crippen LogP contribution is -2.20. The van der Waals surface area contributed by atoms with Gasteiger partial charge in [-0.25, -0.2) is 0 Å². The van der Waals surface area contributed by atoms with E-state index < -0.39 is 11.9 Å². The first-order chi connectivity index (χ1) is 16.4. The second-order valence-electron chi connectivity index (χ2n) is 8.16. The minimum absolute atomic E-state index is 0.0935. The molecule has 0 aliphatic carbocycles. The summed E-state index contributed by atoms with van der Waals surface area (Å²) in [5, 5.41) is 9.73. The lowest BCUT2D eigenvalue weighted by molar-refractivity contribution is -0.139. The molecule has 1 atom stereocenters. The van der Waals surface area contributed by atoms with Gasteiger partial charge in [-0.1, -0.05) is 29.3 Å². The summed E-state index contributed by atoms with van der Waals surface area (Å²) in [7, 11) is 0. The molecule has 3 aromatic rings. The SMILES string of the molecule is Cc1ccc(SCCCC(=O)c2ccc(Oc3cc4c(cc3Cl)C(C(=O)O)CCO4)cc2)cc1. The molecule has 1 aliphatic heterocycles. The number of hydrogen-bond acceptors (Lipinski definition) is 5. The zero-order chi connectivity index (χ0) is 24.1. The average Bonchev–Trinajstić information content (AvgIpc) is 2.83. The molecular formula is C27H25ClO5S. The van der Waals surface area contributed by atoms with E-state index in [0.717, 1.165) is 12.2 Å². The first-order valence-corrected chi connectivity index (χ1v) is 12.5. The van der Waals surface area contributed by atoms with Gasteiger partial charge in [0.1, 0.15) is 17.2 Å². The molecule has 1 N–H and O–H groups in total. The van der Waals surface area contributed by atoms with Crippen LogP contribution in [0.1, 0.15) is 46.7 Å². The Morgan fingerprint density at radius 3 is 2.56 bits per heavy atom. The van der Waals surface area contributed by atoms with Crippen LogP contribution in [0.25, 0.3) is 0 Å². The van der Waals surface area contributed by atoms with E-state index in [4.69, 9.17) is 21.1 Å². The second kappa shape index (κ2) is 11.0. The van der Waals surface area contributed by atoms with E-state index in [9.17, 15) is 14.7 Å². The lowest BCUT2D eigenvalue weighted by atomic mass is 9.93. The van der Waals surface area contributed by atoms with Crippen LogP contribution in [0.5, 0.6) is 17.2 Å². The summed E-state index contributed by atoms with van der Waals surface area (Å²) in [5.41, 5.74) is 2.43. The van der Waals surface area contributed by atoms with Crippen molar-refractivity contribution in [2.24, 2.45) is 0 Å². The number of aliphatic carboxylic acids is 1. The van der Waals surface area contributed by atoms with Crippen LogP contribution in [0, 0.1) is 6.92 Å². The normalized spacial score (nSPS) is 14.7. The summed E-state index contributed by atoms with van der Waals surface area (Å²) in [4.78, 5) is 25.2. The van der Waals surface area contributed by atoms with Crippen LogP contribution in [0.15, 0.2) is 65.6 Å². The highest BCUT2D eigenvalue weighted by atomic mass is 35.5. The fraction of sp³-hybridized carbons (Fsp3) is 0.259. The molecule has 0 fully saturated rings. The third-order valence-corrected chi connectivity index (χ3v) is 7.04. The molecule has 0 spiro atoms. The van der Waals surface area contributed by atoms with Crippen LogP contribution in [-0.4, -0.2) is 29.2 Å². The van der Waals surface area contributed by atoms with Gasteiger partial charge < -0.3 is 14.6 Å². The number of hydrogen-bond donors (Lipinski definition) is 1. The van der Waals surface area contributed by atoms with E-state index in [0.29, 0.717) is 52.8 Å². The predicted molar refractivity (Wildman–Crippen MR) is 134 cm³/mol. The Labute approximate surface area is 208 Å². The number of Topliss-reactive ketones (excluding diaryl/α,β-unsaturated/α-hetero) is 1. The molecule has 5 nitrogen and oxygen atoms in total. The van der Waals surface area contributed by atoms with E-state index in [-0.39, 0.29) is 5.78 Å². The number of carboxylic acid groups (broad SMARTS) is 1. The van der Waals surface area contributed by atoms with Gasteiger partial charge in [0, 0.05) is 28.5 Å². The Hall–Kier alpha value is -2.96. The highest BCUT2D eigenvalue weighted by Crippen LogP contribution is 2.41. The van der Waals surface area contributed by atoms with Crippen LogP contribution in [0.4, 0.5) is 0 Å². The summed E-state index contributed by atoms with van der Waals surface area (Å²) in [5.74, 6) is 0.804. The van der Waals surface area contributed by atoms with E-state index >= 15 is 0 Å². The fourth-order valence-electron chi connectivity index (χ4n) is 3.76. The first kappa shape index (κ1) is 24.2. The summed E-state index contributed by atoms with van der Waals surface area (Å²) in [6.07, 6.45) is 1.69. The average molecular weight is 497 g/mol. The number of thioether (sulfide) groups is 1. The molecule has 0 saturated heterocycles. The Kier molecular flexibility index (Phi) is 7.80. The lowest BCUT2D eigenvalue weighted by Gasteiger charge is -2.24. The Morgan fingerprint density at radius 1 is 1.12 bits per heavy atom. The molecule has 0 radical (unpaired) electrons. The number of ether oxygens (including phenoxy) is 2. The largest absolute Gasteiger partial charge is 0.493 e. The van der Waals surface area contributed by atoms with Gasteiger partial charge in [-0.15, -0.1) is 11.8 Å². The van der Waals surface area contributed by atoms with Crippen molar-refractivity contribution in [3.63, 3.8) is 0 Å². The molecule has 3 aromatic carbocycles. The Morgan fingerprint density at radius 2 is 1.85 bits per heavy atom. The van der Waals surface area contributed by atoms with Gasteiger partial charge in [0.25, 0.3) is 0 Å². The van der Waals surface area contributed by atoms with Gasteiger partial charge in [-0.05, 0) is 68.0 Å². The smallest absolute Gasteiger partial charge is 0.311 e. The molecule has 4 rings (SSSR count). The molecule has 0 saturated carbocycles. The molecule has 0 bridgehead atoms. The molecule has 176 valence electrons. The maximum absolute atomic E-state index is 12.5. The number of fused-ring (bicyclic) bond motifs is 1. The van der Waals surface area contributed by atoms with E-state index in [1.54, 1.807) is 48.2 Å². The van der Waals surface area contributed by atoms with Crippen LogP contribution in [-0.2, 0) is 4.79 Å². The van der Waals surface area contributed by atoms with E-state index in [2.05, 4.69) is 31.2 Å². The van der Waals surface area contributed by atoms with Gasteiger partial charge in [0.15, 0.2) is 5.78 Å². The monoisotopic (exact) mass is 496 g/mol. The van der Waals surface area contributed by atoms with Crippen LogP contribution in [0.2, 0.25) is 5.02 Å². The van der Waals surface area contributed by atoms with E-state index in [1.807, 2.05) is 0 Å². The van der Waals surface area contributed by atoms with Crippen molar-refractivity contribution in [3.8, 4) is 17.2 Å². The minimum Gasteiger partial charge on any atom is -0.493 e. The molecule has 0 aromatic heterocycles. The number of ketones is 1. The van der Waals surface area contributed by atoms with Crippen LogP contribution in [0.3, 0.4) is 0 Å². The van der Waals surface area contributed by atoms with Gasteiger partial charge in [0.2, 0.25) is 0 Å². The van der Waals surface area contributed by atoms with Gasteiger partial charge in [-0.2, -0.15) is 0 Å². The maximum atomic E-state index is 12.5. The maximum Gasteiger partial charge on any atom is 0.311 e. The van der Waals surface area contributed by atoms with E-state index in [1.165, 1.54) is 10.5 Å². The highest BCUT2D eigenvalue weighted by molar-refractivity contribution is 7.99. The molecule has 1 heterocycles.